The second-order valence-corrected chi connectivity index (χ2v) is 16.4. The molecule has 0 aliphatic carbocycles. The first-order chi connectivity index (χ1) is 36.0. The minimum Gasteiger partial charge on any atom is -0.479 e. The van der Waals surface area contributed by atoms with Gasteiger partial charge in [-0.1, -0.05) is 0 Å². The highest BCUT2D eigenvalue weighted by molar-refractivity contribution is 5.95. The number of anilines is 2. The molecule has 8 unspecified atom stereocenters. The Morgan fingerprint density at radius 3 is 1.48 bits per heavy atom. The van der Waals surface area contributed by atoms with E-state index in [1.807, 2.05) is 0 Å². The van der Waals surface area contributed by atoms with E-state index < -0.39 is 148 Å². The Morgan fingerprint density at radius 2 is 1.01 bits per heavy atom. The number of hydrogen-bond acceptors (Lipinski definition) is 29. The number of carbonyl (C=O) groups is 4. The molecule has 12 N–H and O–H groups in total. The Balaban J connectivity index is 1.10. The lowest BCUT2D eigenvalue weighted by Gasteiger charge is -2.46. The van der Waals surface area contributed by atoms with Crippen molar-refractivity contribution >= 4 is 35.1 Å². The summed E-state index contributed by atoms with van der Waals surface area (Å²) in [4.78, 5) is 52.8. The summed E-state index contributed by atoms with van der Waals surface area (Å²) in [5.41, 5.74) is 1.07. The number of aliphatic hydroxyl groups excluding tert-OH is 8. The van der Waals surface area contributed by atoms with Crippen molar-refractivity contribution in [3.8, 4) is 22.8 Å². The van der Waals surface area contributed by atoms with Crippen molar-refractivity contribution in [2.75, 3.05) is 38.1 Å². The van der Waals surface area contributed by atoms with Crippen molar-refractivity contribution in [2.45, 2.75) is 111 Å². The monoisotopic (exact) mass is 1060 g/mol. The molecule has 18 atom stereocenters. The van der Waals surface area contributed by atoms with Crippen LogP contribution in [0.1, 0.15) is 0 Å². The van der Waals surface area contributed by atoms with Gasteiger partial charge in [0.05, 0.1) is 13.2 Å². The minimum absolute atomic E-state index is 0.0457. The van der Waals surface area contributed by atoms with Crippen LogP contribution in [0.4, 0.5) is 11.4 Å². The van der Waals surface area contributed by atoms with Crippen LogP contribution in [0.5, 0.6) is 0 Å². The van der Waals surface area contributed by atoms with Crippen LogP contribution in [0.25, 0.3) is 22.8 Å². The number of aromatic nitrogens is 8. The number of carboxylic acid groups (broad SMARTS) is 2. The van der Waals surface area contributed by atoms with Crippen molar-refractivity contribution in [3.05, 3.63) is 61.2 Å². The maximum absolute atomic E-state index is 14.1. The van der Waals surface area contributed by atoms with Crippen LogP contribution in [0.3, 0.4) is 0 Å². The van der Waals surface area contributed by atoms with E-state index >= 15 is 0 Å². The zero-order valence-corrected chi connectivity index (χ0v) is 38.9. The zero-order valence-electron chi connectivity index (χ0n) is 38.9. The number of hydrogen-bond donors (Lipinski definition) is 12. The quantitative estimate of drug-likeness (QED) is 0.0345. The number of amides is 2. The second kappa shape index (κ2) is 25.4. The summed E-state index contributed by atoms with van der Waals surface area (Å²) in [7, 11) is 2.12. The van der Waals surface area contributed by atoms with Crippen LogP contribution < -0.4 is 10.6 Å². The number of nitrogens with zero attached hydrogens (tertiary/aromatic N) is 8. The molecule has 7 rings (SSSR count). The molecule has 2 aromatic carbocycles. The van der Waals surface area contributed by atoms with E-state index in [2.05, 4.69) is 51.4 Å². The molecular weight excluding hydrogens is 1010 g/mol. The SMILES string of the molecule is CO[C@@H]1O[C@@H](C(=O)Nc2ccc(-c3nncnn3)cc2)[C@@H](OC(CO)OC(C(=O)O)[C@H](CO)O[C@@H]2O[C@@H](C(=O)Nc3ccc(-c4nncnn4)cc3)[C@@H](O[C@@H]3OC(C(=O)O)[C@@H](OC)[C@@H](O)C3O)C(O)C2O)C(O)C1O. The molecule has 0 radical (unpaired) electrons. The van der Waals surface area contributed by atoms with Gasteiger partial charge in [-0.15, -0.1) is 40.8 Å². The Morgan fingerprint density at radius 1 is 0.560 bits per heavy atom. The second-order valence-electron chi connectivity index (χ2n) is 16.4. The smallest absolute Gasteiger partial charge is 0.335 e. The highest BCUT2D eigenvalue weighted by atomic mass is 16.8. The summed E-state index contributed by atoms with van der Waals surface area (Å²) < 4.78 is 49.4. The molecule has 2 amide bonds. The van der Waals surface area contributed by atoms with Crippen LogP contribution in [0.15, 0.2) is 61.2 Å². The van der Waals surface area contributed by atoms with E-state index in [0.717, 1.165) is 26.9 Å². The first kappa shape index (κ1) is 56.3. The van der Waals surface area contributed by atoms with E-state index in [4.69, 9.17) is 42.6 Å². The number of rotatable bonds is 21. The molecule has 0 spiro atoms. The number of carboxylic acids is 2. The summed E-state index contributed by atoms with van der Waals surface area (Å²) >= 11 is 0. The molecule has 3 fully saturated rings. The normalized spacial score (nSPS) is 31.1. The van der Waals surface area contributed by atoms with Crippen molar-refractivity contribution < 1.29 is 113 Å². The molecule has 2 aromatic heterocycles. The average Bonchev–Trinajstić information content (AvgIpc) is 3.42. The Hall–Kier alpha value is -6.48. The number of aliphatic carboxylic acids is 2. The van der Waals surface area contributed by atoms with Gasteiger partial charge >= 0.3 is 11.9 Å². The molecule has 33 nitrogen and oxygen atoms in total. The van der Waals surface area contributed by atoms with Crippen LogP contribution in [-0.4, -0.2) is 254 Å². The van der Waals surface area contributed by atoms with Gasteiger partial charge in [-0.05, 0) is 48.5 Å². The standard InChI is InChI=1S/C42H50N10O23/c1-67-28-21(55)25(59)42(75-33(28)39(65)66)72-30-23(57)26(60)41(74-32(30)37(62)48-18-9-5-16(6-10-18)35-51-45-14-46-52-35)69-19(11-53)27(38(63)64)70-20(12-54)71-29-22(56)24(58)40(68-2)73-31(29)36(61)47-17-7-3-15(4-8-17)34-49-43-13-44-50-34/h3-10,13-14,19-33,40-42,53-60H,11-12H2,1-2H3,(H,47,61)(H,48,62)(H,63,64)(H,65,66)/t19-,20?,21-,22?,23?,24?,25?,26?,27?,28-,29-,30-,31+,32+,33?,40+,41+,42+/m0/s1. The first-order valence-corrected chi connectivity index (χ1v) is 22.2. The Bertz CT molecular complexity index is 2520. The third-order valence-corrected chi connectivity index (χ3v) is 11.7. The topological polar surface area (TPSA) is 481 Å². The largest absolute Gasteiger partial charge is 0.479 e. The van der Waals surface area contributed by atoms with Gasteiger partial charge in [0, 0.05) is 36.7 Å². The molecule has 3 aliphatic rings. The van der Waals surface area contributed by atoms with Gasteiger partial charge < -0.3 is 104 Å². The average molecular weight is 1060 g/mol. The zero-order chi connectivity index (χ0) is 54.1. The van der Waals surface area contributed by atoms with Crippen LogP contribution in [-0.2, 0) is 61.8 Å². The molecule has 0 bridgehead atoms. The van der Waals surface area contributed by atoms with Crippen LogP contribution in [0, 0.1) is 0 Å². The van der Waals surface area contributed by atoms with Crippen molar-refractivity contribution in [3.63, 3.8) is 0 Å². The summed E-state index contributed by atoms with van der Waals surface area (Å²) in [6.07, 6.45) is -35.3. The third-order valence-electron chi connectivity index (χ3n) is 11.7. The molecular formula is C42H50N10O23. The molecule has 3 aliphatic heterocycles. The van der Waals surface area contributed by atoms with Crippen molar-refractivity contribution in [1.82, 2.24) is 40.8 Å². The lowest BCUT2D eigenvalue weighted by Crippen LogP contribution is -2.66. The number of aliphatic hydroxyl groups is 8. The molecule has 406 valence electrons. The van der Waals surface area contributed by atoms with E-state index in [-0.39, 0.29) is 23.0 Å². The lowest BCUT2D eigenvalue weighted by molar-refractivity contribution is -0.358. The number of ether oxygens (including phenoxy) is 9. The van der Waals surface area contributed by atoms with Gasteiger partial charge in [0.2, 0.25) is 11.6 Å². The fourth-order valence-electron chi connectivity index (χ4n) is 7.89. The third kappa shape index (κ3) is 13.0. The number of benzene rings is 2. The summed E-state index contributed by atoms with van der Waals surface area (Å²) in [6.45, 7) is -2.56. The molecule has 75 heavy (non-hydrogen) atoms. The van der Waals surface area contributed by atoms with Crippen molar-refractivity contribution in [2.24, 2.45) is 0 Å². The fraction of sp³-hybridized carbons (Fsp3) is 0.524. The van der Waals surface area contributed by atoms with Crippen molar-refractivity contribution in [1.29, 1.82) is 0 Å². The number of nitrogens with one attached hydrogen (secondary N) is 2. The van der Waals surface area contributed by atoms with Gasteiger partial charge in [0.25, 0.3) is 11.8 Å². The van der Waals surface area contributed by atoms with Gasteiger partial charge in [-0.2, -0.15) is 0 Å². The van der Waals surface area contributed by atoms with E-state index in [1.54, 1.807) is 0 Å². The van der Waals surface area contributed by atoms with Gasteiger partial charge in [0.1, 0.15) is 61.0 Å². The first-order valence-electron chi connectivity index (χ1n) is 22.2. The van der Waals surface area contributed by atoms with Gasteiger partial charge in [-0.25, -0.2) is 9.59 Å². The van der Waals surface area contributed by atoms with Crippen LogP contribution >= 0.6 is 0 Å². The fourth-order valence-corrected chi connectivity index (χ4v) is 7.89. The summed E-state index contributed by atoms with van der Waals surface area (Å²) in [5.74, 6) is -5.55. The molecule has 33 heteroatoms. The maximum Gasteiger partial charge on any atom is 0.335 e. The molecule has 0 saturated carbocycles. The number of carbonyl (C=O) groups excluding carboxylic acids is 2. The molecule has 3 saturated heterocycles. The van der Waals surface area contributed by atoms with E-state index in [1.165, 1.54) is 48.5 Å². The molecule has 4 aromatic rings. The van der Waals surface area contributed by atoms with Crippen LogP contribution in [0.2, 0.25) is 0 Å². The predicted molar refractivity (Wildman–Crippen MR) is 236 cm³/mol. The Labute approximate surface area is 420 Å². The highest BCUT2D eigenvalue weighted by Gasteiger charge is 2.56. The maximum atomic E-state index is 14.1. The summed E-state index contributed by atoms with van der Waals surface area (Å²) in [6, 6.07) is 11.5. The minimum atomic E-state index is -2.45. The lowest BCUT2D eigenvalue weighted by atomic mass is 9.96. The Kier molecular flexibility index (Phi) is 19.0. The van der Waals surface area contributed by atoms with Gasteiger partial charge in [0.15, 0.2) is 62.2 Å². The van der Waals surface area contributed by atoms with Gasteiger partial charge in [-0.3, -0.25) is 9.59 Å². The predicted octanol–water partition coefficient (Wildman–Crippen LogP) is -6.22. The molecule has 5 heterocycles. The van der Waals surface area contributed by atoms with E-state index in [9.17, 15) is 70.2 Å². The summed E-state index contributed by atoms with van der Waals surface area (Å²) in [5, 5.41) is 143. The van der Waals surface area contributed by atoms with E-state index in [0.29, 0.717) is 11.1 Å². The highest BCUT2D eigenvalue weighted by Crippen LogP contribution is 2.33. The number of methoxy groups -OCH3 is 2.